The van der Waals surface area contributed by atoms with E-state index in [1.807, 2.05) is 85.7 Å². The molecule has 3 aromatic rings. The summed E-state index contributed by atoms with van der Waals surface area (Å²) < 4.78 is 38.8. The predicted octanol–water partition coefficient (Wildman–Crippen LogP) is 9.58. The Balaban J connectivity index is 0.000000258. The molecule has 4 fully saturated rings. The quantitative estimate of drug-likeness (QED) is 0.0660. The third-order valence-electron chi connectivity index (χ3n) is 15.2. The fourth-order valence-electron chi connectivity index (χ4n) is 10.8. The molecule has 4 amide bonds. The molecular weight excluding hydrogens is 1020 g/mol. The highest BCUT2D eigenvalue weighted by Gasteiger charge is 2.40. The summed E-state index contributed by atoms with van der Waals surface area (Å²) in [5, 5.41) is 7.26. The lowest BCUT2D eigenvalue weighted by Gasteiger charge is -2.45. The van der Waals surface area contributed by atoms with Crippen molar-refractivity contribution in [1.82, 2.24) is 30.2 Å². The van der Waals surface area contributed by atoms with Crippen molar-refractivity contribution < 1.29 is 52.3 Å². The van der Waals surface area contributed by atoms with Gasteiger partial charge in [0.2, 0.25) is 5.91 Å². The minimum atomic E-state index is -0.586. The van der Waals surface area contributed by atoms with Crippen LogP contribution in [0.5, 0.6) is 23.0 Å². The maximum atomic E-state index is 13.9. The minimum Gasteiger partial charge on any atom is -0.493 e. The van der Waals surface area contributed by atoms with Gasteiger partial charge >= 0.3 is 6.09 Å². The van der Waals surface area contributed by atoms with Gasteiger partial charge < -0.3 is 63.4 Å². The highest BCUT2D eigenvalue weighted by atomic mass is 16.6. The van der Waals surface area contributed by atoms with Gasteiger partial charge in [0.25, 0.3) is 11.8 Å². The number of ether oxygens (including phenoxy) is 7. The molecule has 2 N–H and O–H groups in total. The molecule has 2 saturated carbocycles. The summed E-state index contributed by atoms with van der Waals surface area (Å²) in [5.41, 5.74) is 1.62. The van der Waals surface area contributed by atoms with E-state index in [4.69, 9.17) is 33.2 Å². The van der Waals surface area contributed by atoms with Crippen molar-refractivity contribution >= 4 is 23.8 Å². The summed E-state index contributed by atoms with van der Waals surface area (Å²) >= 11 is 0. The molecule has 2 aliphatic carbocycles. The lowest BCUT2D eigenvalue weighted by Crippen LogP contribution is -2.57. The van der Waals surface area contributed by atoms with Crippen LogP contribution in [0.4, 0.5) is 4.79 Å². The number of methoxy groups -OCH3 is 4. The lowest BCUT2D eigenvalue weighted by molar-refractivity contribution is -0.131. The van der Waals surface area contributed by atoms with Crippen LogP contribution in [0.3, 0.4) is 0 Å². The molecule has 17 heteroatoms. The van der Waals surface area contributed by atoms with Crippen molar-refractivity contribution in [2.75, 3.05) is 81.0 Å². The van der Waals surface area contributed by atoms with Crippen molar-refractivity contribution in [3.8, 4) is 23.0 Å². The minimum absolute atomic E-state index is 0.000983. The van der Waals surface area contributed by atoms with Crippen molar-refractivity contribution in [3.05, 3.63) is 83.4 Å². The topological polar surface area (TPSA) is 170 Å². The van der Waals surface area contributed by atoms with Crippen LogP contribution in [0.25, 0.3) is 0 Å². The van der Waals surface area contributed by atoms with E-state index < -0.39 is 5.60 Å². The number of piperidine rings is 2. The largest absolute Gasteiger partial charge is 0.493 e. The van der Waals surface area contributed by atoms with E-state index in [0.717, 1.165) is 89.4 Å². The maximum absolute atomic E-state index is 13.9. The van der Waals surface area contributed by atoms with Crippen LogP contribution < -0.4 is 29.6 Å². The van der Waals surface area contributed by atoms with E-state index in [2.05, 4.69) is 29.4 Å². The van der Waals surface area contributed by atoms with E-state index in [9.17, 15) is 19.2 Å². The molecule has 2 aliphatic heterocycles. The van der Waals surface area contributed by atoms with Crippen LogP contribution in [0.15, 0.2) is 66.7 Å². The van der Waals surface area contributed by atoms with Gasteiger partial charge in [-0.2, -0.15) is 0 Å². The highest BCUT2D eigenvalue weighted by Crippen LogP contribution is 2.34. The number of nitrogens with one attached hydrogen (secondary N) is 2. The number of likely N-dealkylation sites (tertiary alicyclic amines) is 1. The fourth-order valence-corrected chi connectivity index (χ4v) is 10.8. The summed E-state index contributed by atoms with van der Waals surface area (Å²) in [6.45, 7) is 18.8. The Morgan fingerprint density at radius 3 is 1.69 bits per heavy atom. The van der Waals surface area contributed by atoms with Gasteiger partial charge in [0.05, 0.1) is 39.9 Å². The van der Waals surface area contributed by atoms with Gasteiger partial charge in [-0.3, -0.25) is 14.4 Å². The second-order valence-corrected chi connectivity index (χ2v) is 23.4. The molecule has 0 spiro atoms. The van der Waals surface area contributed by atoms with Gasteiger partial charge in [0, 0.05) is 113 Å². The number of rotatable bonds is 28. The summed E-state index contributed by atoms with van der Waals surface area (Å²) in [6, 6.07) is 22.2. The predicted molar refractivity (Wildman–Crippen MR) is 312 cm³/mol. The van der Waals surface area contributed by atoms with Crippen molar-refractivity contribution in [2.45, 2.75) is 186 Å². The van der Waals surface area contributed by atoms with E-state index in [1.165, 1.54) is 12.8 Å². The van der Waals surface area contributed by atoms with Crippen molar-refractivity contribution in [3.63, 3.8) is 0 Å². The van der Waals surface area contributed by atoms with E-state index >= 15 is 0 Å². The standard InChI is InChI=1S/C33H47N3O5.C30H49N3O6/c1-24(2)36(33(38)26-11-16-30(40-4)31(22-26)41-20-8-19-39-3)29-13-12-27(34-23-29)17-18-35(28-14-15-28)32(37)21-25-9-6-5-7-10-25;1-21(2)33(28(34)22-9-14-26(37-7)27(19-22)38-18-8-17-36-6)25-13-12-24(15-16-31-23-10-11-23)32(20-25)29(35)39-30(3,4)5/h5-7,9-11,16,22,24,27-29,34H,8,12-15,17-21,23H2,1-4H3;9,14,19,21,23-25,31H,8,10-13,15-18,20H2,1-7H3/t27-,29-;24-,25-/m11/s1. The van der Waals surface area contributed by atoms with E-state index in [1.54, 1.807) is 58.8 Å². The highest BCUT2D eigenvalue weighted by molar-refractivity contribution is 5.96. The van der Waals surface area contributed by atoms with Crippen LogP contribution in [0.1, 0.15) is 152 Å². The summed E-state index contributed by atoms with van der Waals surface area (Å²) in [6.07, 6.45) is 11.7. The Bertz CT molecular complexity index is 2380. The molecule has 4 atom stereocenters. The van der Waals surface area contributed by atoms with Gasteiger partial charge in [-0.25, -0.2) is 4.79 Å². The number of carbonyl (C=O) groups is 4. The van der Waals surface area contributed by atoms with Crippen LogP contribution >= 0.6 is 0 Å². The molecule has 2 heterocycles. The third kappa shape index (κ3) is 19.5. The first-order chi connectivity index (χ1) is 38.4. The fraction of sp³-hybridized carbons (Fsp3) is 0.651. The van der Waals surface area contributed by atoms with Gasteiger partial charge in [0.1, 0.15) is 5.60 Å². The zero-order valence-electron chi connectivity index (χ0n) is 50.1. The Labute approximate surface area is 478 Å². The number of carbonyl (C=O) groups excluding carboxylic acids is 4. The normalized spacial score (nSPS) is 19.1. The van der Waals surface area contributed by atoms with Gasteiger partial charge in [-0.15, -0.1) is 0 Å². The molecule has 4 aliphatic rings. The Kier molecular flexibility index (Phi) is 25.1. The van der Waals surface area contributed by atoms with Crippen LogP contribution in [0.2, 0.25) is 0 Å². The molecule has 0 radical (unpaired) electrons. The smallest absolute Gasteiger partial charge is 0.410 e. The number of benzene rings is 3. The van der Waals surface area contributed by atoms with E-state index in [-0.39, 0.29) is 54.0 Å². The lowest BCUT2D eigenvalue weighted by atomic mass is 9.94. The monoisotopic (exact) mass is 1110 g/mol. The molecule has 17 nitrogen and oxygen atoms in total. The molecule has 80 heavy (non-hydrogen) atoms. The molecule has 0 aromatic heterocycles. The number of nitrogens with zero attached hydrogens (tertiary/aromatic N) is 4. The van der Waals surface area contributed by atoms with Crippen LogP contribution in [-0.2, 0) is 25.4 Å². The van der Waals surface area contributed by atoms with Gasteiger partial charge in [0.15, 0.2) is 23.0 Å². The van der Waals surface area contributed by atoms with Gasteiger partial charge in [-0.1, -0.05) is 30.3 Å². The average Bonchev–Trinajstić information content (AvgIpc) is 4.40. The second kappa shape index (κ2) is 31.6. The van der Waals surface area contributed by atoms with Gasteiger partial charge in [-0.05, 0) is 161 Å². The first-order valence-corrected chi connectivity index (χ1v) is 29.5. The summed E-state index contributed by atoms with van der Waals surface area (Å²) in [7, 11) is 6.51. The Hall–Kier alpha value is -5.62. The zero-order valence-corrected chi connectivity index (χ0v) is 50.1. The van der Waals surface area contributed by atoms with Crippen LogP contribution in [-0.4, -0.2) is 178 Å². The summed E-state index contributed by atoms with van der Waals surface area (Å²) in [5.74, 6) is 2.44. The Morgan fingerprint density at radius 1 is 0.650 bits per heavy atom. The Morgan fingerprint density at radius 2 is 1.20 bits per heavy atom. The number of amides is 4. The first kappa shape index (κ1) is 63.6. The second-order valence-electron chi connectivity index (χ2n) is 23.4. The molecule has 0 bridgehead atoms. The molecule has 444 valence electrons. The zero-order chi connectivity index (χ0) is 57.8. The molecule has 0 unspecified atom stereocenters. The molecule has 2 saturated heterocycles. The molecule has 3 aromatic carbocycles. The number of hydrogen-bond donors (Lipinski definition) is 2. The first-order valence-electron chi connectivity index (χ1n) is 29.5. The summed E-state index contributed by atoms with van der Waals surface area (Å²) in [4.78, 5) is 61.9. The SMILES string of the molecule is COCCCOc1cc(C(=O)N(C(C)C)[C@@H]2CC[C@H](CCN(C(=O)Cc3ccccc3)C3CC3)NC2)ccc1OC.COCCCOc1cc(C(=O)N(C(C)C)[C@@H]2CC[C@H](CCNC3CC3)N(C(=O)OC(C)(C)C)C2)ccc1OC. The number of hydrogen-bond acceptors (Lipinski definition) is 13. The average molecular weight is 1110 g/mol. The van der Waals surface area contributed by atoms with Crippen LogP contribution in [0, 0.1) is 0 Å². The maximum Gasteiger partial charge on any atom is 0.410 e. The van der Waals surface area contributed by atoms with Crippen molar-refractivity contribution in [2.24, 2.45) is 0 Å². The third-order valence-corrected chi connectivity index (χ3v) is 15.2. The molecular formula is C63H96N6O11. The molecule has 7 rings (SSSR count). The van der Waals surface area contributed by atoms with E-state index in [0.29, 0.717) is 91.6 Å². The van der Waals surface area contributed by atoms with Crippen molar-refractivity contribution in [1.29, 1.82) is 0 Å².